The number of carbonyl (C=O) groups excluding carboxylic acids is 1. The molecule has 0 saturated heterocycles. The minimum absolute atomic E-state index is 0.00691. The number of nitrogens with zero attached hydrogens (tertiary/aromatic N) is 2. The van der Waals surface area contributed by atoms with Gasteiger partial charge < -0.3 is 5.32 Å². The lowest BCUT2D eigenvalue weighted by molar-refractivity contribution is 0.0949. The molecule has 0 spiro atoms. The van der Waals surface area contributed by atoms with Gasteiger partial charge in [-0.2, -0.15) is 5.10 Å². The van der Waals surface area contributed by atoms with Gasteiger partial charge >= 0.3 is 0 Å². The van der Waals surface area contributed by atoms with Crippen molar-refractivity contribution in [3.05, 3.63) is 101 Å². The Bertz CT molecular complexity index is 944. The van der Waals surface area contributed by atoms with E-state index in [2.05, 4.69) is 28.6 Å². The van der Waals surface area contributed by atoms with E-state index < -0.39 is 0 Å². The second kappa shape index (κ2) is 8.01. The van der Waals surface area contributed by atoms with Crippen LogP contribution in [0.4, 0.5) is 0 Å². The van der Waals surface area contributed by atoms with Crippen LogP contribution in [0.15, 0.2) is 90.6 Å². The number of amides is 1. The fourth-order valence-electron chi connectivity index (χ4n) is 3.01. The Morgan fingerprint density at radius 3 is 2.41 bits per heavy atom. The summed E-state index contributed by atoms with van der Waals surface area (Å²) in [6.45, 7) is 0.488. The average Bonchev–Trinajstić information content (AvgIpc) is 3.44. The number of nitrogens with one attached hydrogen (secondary N) is 1. The molecule has 0 radical (unpaired) electrons. The Labute approximate surface area is 162 Å². The van der Waals surface area contributed by atoms with Gasteiger partial charge in [0.2, 0.25) is 0 Å². The predicted octanol–water partition coefficient (Wildman–Crippen LogP) is 4.63. The van der Waals surface area contributed by atoms with Crippen LogP contribution in [0.5, 0.6) is 0 Å². The van der Waals surface area contributed by atoms with Gasteiger partial charge in [-0.25, -0.2) is 0 Å². The van der Waals surface area contributed by atoms with Crippen LogP contribution in [0.3, 0.4) is 0 Å². The molecule has 0 aliphatic rings. The van der Waals surface area contributed by atoms with Crippen molar-refractivity contribution in [3.63, 3.8) is 0 Å². The van der Waals surface area contributed by atoms with Crippen molar-refractivity contribution < 1.29 is 4.79 Å². The van der Waals surface area contributed by atoms with E-state index in [4.69, 9.17) is 0 Å². The zero-order chi connectivity index (χ0) is 18.5. The molecular formula is C22H19N3OS. The van der Waals surface area contributed by atoms with Crippen LogP contribution < -0.4 is 5.32 Å². The SMILES string of the molecule is O=C(NCC(c1cccs1)n1cccn1)c1ccc(-c2ccccc2)cc1. The van der Waals surface area contributed by atoms with E-state index in [0.717, 1.165) is 11.1 Å². The number of rotatable bonds is 6. The van der Waals surface area contributed by atoms with Gasteiger partial charge in [-0.05, 0) is 40.8 Å². The van der Waals surface area contributed by atoms with Gasteiger partial charge in [0.15, 0.2) is 0 Å². The molecule has 0 bridgehead atoms. The molecule has 1 N–H and O–H groups in total. The topological polar surface area (TPSA) is 46.9 Å². The lowest BCUT2D eigenvalue weighted by atomic mass is 10.0. The normalized spacial score (nSPS) is 11.9. The third-order valence-electron chi connectivity index (χ3n) is 4.43. The largest absolute Gasteiger partial charge is 0.350 e. The van der Waals surface area contributed by atoms with Crippen molar-refractivity contribution in [1.82, 2.24) is 15.1 Å². The third-order valence-corrected chi connectivity index (χ3v) is 5.40. The summed E-state index contributed by atoms with van der Waals surface area (Å²) in [5.41, 5.74) is 2.89. The number of hydrogen-bond acceptors (Lipinski definition) is 3. The van der Waals surface area contributed by atoms with Crippen molar-refractivity contribution in [2.75, 3.05) is 6.54 Å². The summed E-state index contributed by atoms with van der Waals surface area (Å²) in [4.78, 5) is 13.8. The summed E-state index contributed by atoms with van der Waals surface area (Å²) in [6.07, 6.45) is 3.68. The molecule has 2 aromatic carbocycles. The Morgan fingerprint density at radius 2 is 1.74 bits per heavy atom. The predicted molar refractivity (Wildman–Crippen MR) is 109 cm³/mol. The smallest absolute Gasteiger partial charge is 0.251 e. The van der Waals surface area contributed by atoms with Crippen molar-refractivity contribution in [2.24, 2.45) is 0 Å². The number of aromatic nitrogens is 2. The van der Waals surface area contributed by atoms with Gasteiger partial charge in [-0.3, -0.25) is 9.48 Å². The van der Waals surface area contributed by atoms with Crippen molar-refractivity contribution in [1.29, 1.82) is 0 Å². The van der Waals surface area contributed by atoms with Crippen LogP contribution in [0.1, 0.15) is 21.3 Å². The van der Waals surface area contributed by atoms with E-state index in [-0.39, 0.29) is 11.9 Å². The first kappa shape index (κ1) is 17.2. The van der Waals surface area contributed by atoms with E-state index in [1.54, 1.807) is 17.5 Å². The van der Waals surface area contributed by atoms with E-state index in [0.29, 0.717) is 12.1 Å². The van der Waals surface area contributed by atoms with E-state index >= 15 is 0 Å². The zero-order valence-electron chi connectivity index (χ0n) is 14.7. The lowest BCUT2D eigenvalue weighted by Gasteiger charge is -2.17. The Balaban J connectivity index is 1.45. The molecule has 0 fully saturated rings. The number of carbonyl (C=O) groups is 1. The molecule has 2 heterocycles. The summed E-state index contributed by atoms with van der Waals surface area (Å²) >= 11 is 1.66. The molecule has 27 heavy (non-hydrogen) atoms. The maximum Gasteiger partial charge on any atom is 0.251 e. The minimum atomic E-state index is -0.0803. The summed E-state index contributed by atoms with van der Waals surface area (Å²) in [5, 5.41) is 9.42. The van der Waals surface area contributed by atoms with Crippen LogP contribution in [0, 0.1) is 0 Å². The van der Waals surface area contributed by atoms with Gasteiger partial charge in [-0.1, -0.05) is 48.5 Å². The van der Waals surface area contributed by atoms with Crippen LogP contribution >= 0.6 is 11.3 Å². The summed E-state index contributed by atoms with van der Waals surface area (Å²) in [7, 11) is 0. The number of thiophene rings is 1. The fourth-order valence-corrected chi connectivity index (χ4v) is 3.83. The molecule has 4 nitrogen and oxygen atoms in total. The minimum Gasteiger partial charge on any atom is -0.350 e. The molecule has 0 saturated carbocycles. The van der Waals surface area contributed by atoms with Crippen molar-refractivity contribution in [2.45, 2.75) is 6.04 Å². The van der Waals surface area contributed by atoms with Crippen LogP contribution in [-0.2, 0) is 0 Å². The Kier molecular flexibility index (Phi) is 5.12. The van der Waals surface area contributed by atoms with Crippen LogP contribution in [0.25, 0.3) is 11.1 Å². The molecule has 1 unspecified atom stereocenters. The van der Waals surface area contributed by atoms with Crippen molar-refractivity contribution >= 4 is 17.2 Å². The molecular weight excluding hydrogens is 354 g/mol. The number of benzene rings is 2. The van der Waals surface area contributed by atoms with E-state index in [1.807, 2.05) is 70.9 Å². The second-order valence-corrected chi connectivity index (χ2v) is 7.15. The van der Waals surface area contributed by atoms with Gasteiger partial charge in [0.25, 0.3) is 5.91 Å². The number of hydrogen-bond donors (Lipinski definition) is 1. The lowest BCUT2D eigenvalue weighted by Crippen LogP contribution is -2.31. The first-order valence-electron chi connectivity index (χ1n) is 8.77. The van der Waals surface area contributed by atoms with Gasteiger partial charge in [-0.15, -0.1) is 11.3 Å². The summed E-state index contributed by atoms with van der Waals surface area (Å²) < 4.78 is 1.88. The molecule has 1 amide bonds. The monoisotopic (exact) mass is 373 g/mol. The average molecular weight is 373 g/mol. The highest BCUT2D eigenvalue weighted by atomic mass is 32.1. The first-order valence-corrected chi connectivity index (χ1v) is 9.65. The maximum absolute atomic E-state index is 12.6. The maximum atomic E-state index is 12.6. The molecule has 5 heteroatoms. The van der Waals surface area contributed by atoms with E-state index in [1.165, 1.54) is 4.88 Å². The zero-order valence-corrected chi connectivity index (χ0v) is 15.5. The molecule has 134 valence electrons. The van der Waals surface area contributed by atoms with Gasteiger partial charge in [0.1, 0.15) is 6.04 Å². The van der Waals surface area contributed by atoms with Crippen LogP contribution in [-0.4, -0.2) is 22.2 Å². The molecule has 4 rings (SSSR count). The fraction of sp³-hybridized carbons (Fsp3) is 0.0909. The van der Waals surface area contributed by atoms with Gasteiger partial charge in [0.05, 0.1) is 0 Å². The first-order chi connectivity index (χ1) is 13.3. The molecule has 4 aromatic rings. The molecule has 0 aliphatic heterocycles. The van der Waals surface area contributed by atoms with Gasteiger partial charge in [0, 0.05) is 29.4 Å². The molecule has 0 aliphatic carbocycles. The highest BCUT2D eigenvalue weighted by Gasteiger charge is 2.17. The standard InChI is InChI=1S/C22H19N3OS/c26-22(19-11-9-18(10-12-19)17-6-2-1-3-7-17)23-16-20(21-8-4-15-27-21)25-14-5-13-24-25/h1-15,20H,16H2,(H,23,26). The molecule has 1 atom stereocenters. The highest BCUT2D eigenvalue weighted by molar-refractivity contribution is 7.10. The Morgan fingerprint density at radius 1 is 0.963 bits per heavy atom. The highest BCUT2D eigenvalue weighted by Crippen LogP contribution is 2.22. The van der Waals surface area contributed by atoms with Crippen molar-refractivity contribution in [3.8, 4) is 11.1 Å². The second-order valence-electron chi connectivity index (χ2n) is 6.17. The van der Waals surface area contributed by atoms with Crippen LogP contribution in [0.2, 0.25) is 0 Å². The third kappa shape index (κ3) is 3.99. The van der Waals surface area contributed by atoms with E-state index in [9.17, 15) is 4.79 Å². The Hall–Kier alpha value is -3.18. The molecule has 2 aromatic heterocycles. The quantitative estimate of drug-likeness (QED) is 0.536. The summed E-state index contributed by atoms with van der Waals surface area (Å²) in [6, 6.07) is 23.8. The summed E-state index contributed by atoms with van der Waals surface area (Å²) in [5.74, 6) is -0.0803.